The zero-order valence-electron chi connectivity index (χ0n) is 5.46. The van der Waals surface area contributed by atoms with Crippen molar-refractivity contribution < 1.29 is 14.7 Å². The molecule has 0 bridgehead atoms. The summed E-state index contributed by atoms with van der Waals surface area (Å²) in [6.07, 6.45) is 0.921. The minimum absolute atomic E-state index is 0.176. The number of hydrogen-bond donors (Lipinski definition) is 2. The number of carbonyl (C=O) groups is 2. The summed E-state index contributed by atoms with van der Waals surface area (Å²) in [5.74, 6) is -0.493. The van der Waals surface area contributed by atoms with E-state index in [0.717, 1.165) is 0 Å². The first-order valence-corrected chi connectivity index (χ1v) is 2.80. The van der Waals surface area contributed by atoms with E-state index in [-0.39, 0.29) is 6.42 Å². The summed E-state index contributed by atoms with van der Waals surface area (Å²) in [6.45, 7) is 3.38. The molecule has 0 rings (SSSR count). The molecule has 0 atom stereocenters. The van der Waals surface area contributed by atoms with Gasteiger partial charge in [-0.2, -0.15) is 0 Å². The van der Waals surface area contributed by atoms with E-state index >= 15 is 0 Å². The van der Waals surface area contributed by atoms with Gasteiger partial charge >= 0.3 is 6.09 Å². The second kappa shape index (κ2) is 4.55. The van der Waals surface area contributed by atoms with Gasteiger partial charge in [-0.25, -0.2) is 4.79 Å². The van der Waals surface area contributed by atoms with Gasteiger partial charge in [0.05, 0.1) is 0 Å². The molecule has 4 heteroatoms. The zero-order chi connectivity index (χ0) is 7.98. The molecule has 0 spiro atoms. The fourth-order valence-electron chi connectivity index (χ4n) is 0.415. The van der Waals surface area contributed by atoms with Crippen molar-refractivity contribution in [1.29, 1.82) is 0 Å². The summed E-state index contributed by atoms with van der Waals surface area (Å²) < 4.78 is 0. The summed E-state index contributed by atoms with van der Waals surface area (Å²) in [5, 5.41) is 9.73. The Morgan fingerprint density at radius 2 is 2.20 bits per heavy atom. The normalized spacial score (nSPS) is 8.40. The van der Waals surface area contributed by atoms with E-state index in [0.29, 0.717) is 6.42 Å². The van der Waals surface area contributed by atoms with Crippen LogP contribution in [0.3, 0.4) is 0 Å². The summed E-state index contributed by atoms with van der Waals surface area (Å²) in [4.78, 5) is 20.3. The number of amides is 2. The van der Waals surface area contributed by atoms with Gasteiger partial charge in [0.2, 0.25) is 5.91 Å². The Hall–Kier alpha value is -1.32. The second-order valence-corrected chi connectivity index (χ2v) is 1.68. The van der Waals surface area contributed by atoms with Crippen molar-refractivity contribution in [2.24, 2.45) is 0 Å². The molecule has 0 aromatic heterocycles. The zero-order valence-corrected chi connectivity index (χ0v) is 5.46. The molecular weight excluding hydrogens is 134 g/mol. The van der Waals surface area contributed by atoms with E-state index < -0.39 is 12.0 Å². The van der Waals surface area contributed by atoms with Gasteiger partial charge in [0.1, 0.15) is 0 Å². The van der Waals surface area contributed by atoms with Crippen molar-refractivity contribution in [2.45, 2.75) is 12.8 Å². The topological polar surface area (TPSA) is 66.4 Å². The number of carbonyl (C=O) groups excluding carboxylic acids is 1. The summed E-state index contributed by atoms with van der Waals surface area (Å²) in [6, 6.07) is 0. The summed E-state index contributed by atoms with van der Waals surface area (Å²) >= 11 is 0. The number of imide groups is 1. The maximum atomic E-state index is 10.5. The largest absolute Gasteiger partial charge is 0.465 e. The molecular formula is C6H9NO3. The van der Waals surface area contributed by atoms with Crippen molar-refractivity contribution in [3.63, 3.8) is 0 Å². The first-order chi connectivity index (χ1) is 4.66. The molecule has 0 heterocycles. The highest BCUT2D eigenvalue weighted by Gasteiger charge is 2.02. The number of rotatable bonds is 3. The van der Waals surface area contributed by atoms with Crippen LogP contribution in [0.25, 0.3) is 0 Å². The Labute approximate surface area is 58.5 Å². The van der Waals surface area contributed by atoms with Crippen molar-refractivity contribution in [2.75, 3.05) is 0 Å². The maximum absolute atomic E-state index is 10.5. The molecule has 0 aromatic carbocycles. The molecule has 2 amide bonds. The third-order valence-corrected chi connectivity index (χ3v) is 0.822. The number of allylic oxidation sites excluding steroid dienone is 1. The maximum Gasteiger partial charge on any atom is 0.411 e. The Morgan fingerprint density at radius 1 is 1.60 bits per heavy atom. The van der Waals surface area contributed by atoms with Crippen LogP contribution >= 0.6 is 0 Å². The minimum Gasteiger partial charge on any atom is -0.465 e. The predicted octanol–water partition coefficient (Wildman–Crippen LogP) is 0.747. The van der Waals surface area contributed by atoms with Gasteiger partial charge in [0, 0.05) is 6.42 Å². The molecule has 0 fully saturated rings. The molecule has 10 heavy (non-hydrogen) atoms. The van der Waals surface area contributed by atoms with Gasteiger partial charge in [0.15, 0.2) is 0 Å². The predicted molar refractivity (Wildman–Crippen MR) is 35.6 cm³/mol. The van der Waals surface area contributed by atoms with E-state index in [1.807, 2.05) is 0 Å². The van der Waals surface area contributed by atoms with Crippen LogP contribution < -0.4 is 5.32 Å². The van der Waals surface area contributed by atoms with Crippen LogP contribution in [0.5, 0.6) is 0 Å². The summed E-state index contributed by atoms with van der Waals surface area (Å²) in [7, 11) is 0. The highest BCUT2D eigenvalue weighted by Crippen LogP contribution is 1.87. The van der Waals surface area contributed by atoms with Gasteiger partial charge in [-0.15, -0.1) is 6.58 Å². The molecule has 0 aliphatic heterocycles. The molecule has 0 saturated heterocycles. The molecule has 0 radical (unpaired) electrons. The Morgan fingerprint density at radius 3 is 2.60 bits per heavy atom. The van der Waals surface area contributed by atoms with Gasteiger partial charge in [-0.05, 0) is 6.42 Å². The smallest absolute Gasteiger partial charge is 0.411 e. The first kappa shape index (κ1) is 8.68. The molecule has 0 aliphatic rings. The molecule has 0 aromatic rings. The standard InChI is InChI=1S/C6H9NO3/c1-2-3-4-5(8)7-6(9)10/h2H,1,3-4H2,(H,7,8)(H,9,10). The Balaban J connectivity index is 3.43. The average Bonchev–Trinajstić information content (AvgIpc) is 1.82. The summed E-state index contributed by atoms with van der Waals surface area (Å²) in [5.41, 5.74) is 0. The molecule has 2 N–H and O–H groups in total. The third-order valence-electron chi connectivity index (χ3n) is 0.822. The quantitative estimate of drug-likeness (QED) is 0.573. The highest BCUT2D eigenvalue weighted by molar-refractivity contribution is 5.90. The minimum atomic E-state index is -1.31. The molecule has 4 nitrogen and oxygen atoms in total. The van der Waals surface area contributed by atoms with Crippen LogP contribution in [-0.2, 0) is 4.79 Å². The van der Waals surface area contributed by atoms with Crippen molar-refractivity contribution >= 4 is 12.0 Å². The Kier molecular flexibility index (Phi) is 3.95. The van der Waals surface area contributed by atoms with Gasteiger partial charge in [0.25, 0.3) is 0 Å². The lowest BCUT2D eigenvalue weighted by Crippen LogP contribution is -2.28. The van der Waals surface area contributed by atoms with Gasteiger partial charge in [-0.3, -0.25) is 10.1 Å². The lowest BCUT2D eigenvalue weighted by Gasteiger charge is -1.94. The lowest BCUT2D eigenvalue weighted by molar-refractivity contribution is -0.120. The van der Waals surface area contributed by atoms with E-state index in [4.69, 9.17) is 5.11 Å². The fourth-order valence-corrected chi connectivity index (χ4v) is 0.415. The average molecular weight is 143 g/mol. The Bertz CT molecular complexity index is 153. The fraction of sp³-hybridized carbons (Fsp3) is 0.333. The molecule has 0 aliphatic carbocycles. The van der Waals surface area contributed by atoms with Crippen LogP contribution in [0.2, 0.25) is 0 Å². The molecule has 56 valence electrons. The number of hydrogen-bond acceptors (Lipinski definition) is 2. The van der Waals surface area contributed by atoms with E-state index in [2.05, 4.69) is 6.58 Å². The van der Waals surface area contributed by atoms with Crippen molar-refractivity contribution in [3.8, 4) is 0 Å². The van der Waals surface area contributed by atoms with Crippen LogP contribution in [-0.4, -0.2) is 17.1 Å². The van der Waals surface area contributed by atoms with Gasteiger partial charge in [-0.1, -0.05) is 6.08 Å². The van der Waals surface area contributed by atoms with Crippen LogP contribution in [0, 0.1) is 0 Å². The van der Waals surface area contributed by atoms with E-state index in [1.165, 1.54) is 0 Å². The second-order valence-electron chi connectivity index (χ2n) is 1.68. The number of carboxylic acid groups (broad SMARTS) is 1. The highest BCUT2D eigenvalue weighted by atomic mass is 16.4. The molecule has 0 unspecified atom stereocenters. The van der Waals surface area contributed by atoms with Crippen molar-refractivity contribution in [3.05, 3.63) is 12.7 Å². The van der Waals surface area contributed by atoms with Crippen molar-refractivity contribution in [1.82, 2.24) is 5.32 Å². The van der Waals surface area contributed by atoms with E-state index in [9.17, 15) is 9.59 Å². The first-order valence-electron chi connectivity index (χ1n) is 2.80. The van der Waals surface area contributed by atoms with Crippen LogP contribution in [0.15, 0.2) is 12.7 Å². The van der Waals surface area contributed by atoms with Gasteiger partial charge < -0.3 is 5.11 Å². The SMILES string of the molecule is C=CCCC(=O)NC(=O)O. The monoisotopic (exact) mass is 143 g/mol. The third kappa shape index (κ3) is 4.83. The molecule has 0 saturated carbocycles. The van der Waals surface area contributed by atoms with E-state index in [1.54, 1.807) is 11.4 Å². The van der Waals surface area contributed by atoms with Crippen LogP contribution in [0.1, 0.15) is 12.8 Å². The lowest BCUT2D eigenvalue weighted by atomic mass is 10.3. The van der Waals surface area contributed by atoms with Crippen LogP contribution in [0.4, 0.5) is 4.79 Å². The number of nitrogens with one attached hydrogen (secondary N) is 1.